The lowest BCUT2D eigenvalue weighted by Crippen LogP contribution is -1.97. The molecule has 206 valence electrons. The fourth-order valence-corrected chi connectivity index (χ4v) is 6.82. The molecule has 0 radical (unpaired) electrons. The molecule has 0 atom stereocenters. The van der Waals surface area contributed by atoms with Crippen molar-refractivity contribution < 1.29 is 4.42 Å². The summed E-state index contributed by atoms with van der Waals surface area (Å²) in [5.74, 6) is 0. The van der Waals surface area contributed by atoms with E-state index in [9.17, 15) is 0 Å². The highest BCUT2D eigenvalue weighted by Crippen LogP contribution is 2.40. The minimum absolute atomic E-state index is 0.912. The van der Waals surface area contributed by atoms with Crippen LogP contribution in [0.4, 0.5) is 0 Å². The van der Waals surface area contributed by atoms with E-state index in [0.29, 0.717) is 0 Å². The minimum Gasteiger partial charge on any atom is -0.456 e. The van der Waals surface area contributed by atoms with Gasteiger partial charge in [0.25, 0.3) is 0 Å². The Kier molecular flexibility index (Phi) is 5.54. The number of aromatic nitrogens is 1. The first kappa shape index (κ1) is 24.7. The third-order valence-electron chi connectivity index (χ3n) is 8.81. The lowest BCUT2D eigenvalue weighted by molar-refractivity contribution is 0.669. The van der Waals surface area contributed by atoms with Gasteiger partial charge in [-0.1, -0.05) is 121 Å². The fraction of sp³-hybridized carbons (Fsp3) is 0. The van der Waals surface area contributed by atoms with Crippen LogP contribution in [0.3, 0.4) is 0 Å². The molecule has 0 saturated carbocycles. The van der Waals surface area contributed by atoms with Crippen LogP contribution in [0.15, 0.2) is 168 Å². The number of rotatable bonds is 4. The summed E-state index contributed by atoms with van der Waals surface area (Å²) in [6.45, 7) is 0. The molecule has 9 aromatic rings. The Morgan fingerprint density at radius 3 is 1.91 bits per heavy atom. The van der Waals surface area contributed by atoms with Crippen LogP contribution >= 0.6 is 0 Å². The summed E-state index contributed by atoms with van der Waals surface area (Å²) >= 11 is 0. The molecule has 2 heterocycles. The molecule has 9 rings (SSSR count). The normalized spacial score (nSPS) is 11.6. The minimum atomic E-state index is 0.912. The first-order valence-electron chi connectivity index (χ1n) is 15.0. The summed E-state index contributed by atoms with van der Waals surface area (Å²) in [6.07, 6.45) is 0. The molecule has 0 N–H and O–H groups in total. The van der Waals surface area contributed by atoms with Crippen molar-refractivity contribution in [3.63, 3.8) is 0 Å². The van der Waals surface area contributed by atoms with Gasteiger partial charge < -0.3 is 8.98 Å². The van der Waals surface area contributed by atoms with Crippen LogP contribution in [0, 0.1) is 0 Å². The molecular formula is C42H27NO. The van der Waals surface area contributed by atoms with Crippen molar-refractivity contribution in [1.29, 1.82) is 0 Å². The molecule has 0 amide bonds. The molecule has 2 nitrogen and oxygen atoms in total. The zero-order valence-corrected chi connectivity index (χ0v) is 23.9. The van der Waals surface area contributed by atoms with Crippen molar-refractivity contribution in [3.05, 3.63) is 164 Å². The average molecular weight is 562 g/mol. The largest absolute Gasteiger partial charge is 0.456 e. The summed E-state index contributed by atoms with van der Waals surface area (Å²) in [6, 6.07) is 58.5. The van der Waals surface area contributed by atoms with Crippen molar-refractivity contribution in [2.75, 3.05) is 0 Å². The van der Waals surface area contributed by atoms with E-state index in [1.54, 1.807) is 0 Å². The second-order valence-electron chi connectivity index (χ2n) is 11.3. The van der Waals surface area contributed by atoms with E-state index >= 15 is 0 Å². The van der Waals surface area contributed by atoms with Crippen LogP contribution < -0.4 is 0 Å². The van der Waals surface area contributed by atoms with E-state index < -0.39 is 0 Å². The summed E-state index contributed by atoms with van der Waals surface area (Å²) in [5.41, 5.74) is 12.6. The zero-order chi connectivity index (χ0) is 29.0. The summed E-state index contributed by atoms with van der Waals surface area (Å²) in [5, 5.41) is 4.81. The van der Waals surface area contributed by atoms with E-state index in [4.69, 9.17) is 4.42 Å². The Morgan fingerprint density at radius 2 is 1.00 bits per heavy atom. The fourth-order valence-electron chi connectivity index (χ4n) is 6.82. The molecule has 0 aliphatic heterocycles. The molecular weight excluding hydrogens is 534 g/mol. The predicted octanol–water partition coefficient (Wildman–Crippen LogP) is 11.7. The van der Waals surface area contributed by atoms with E-state index in [1.807, 2.05) is 12.1 Å². The van der Waals surface area contributed by atoms with Gasteiger partial charge in [-0.05, 0) is 70.3 Å². The van der Waals surface area contributed by atoms with Gasteiger partial charge in [-0.3, -0.25) is 0 Å². The highest BCUT2D eigenvalue weighted by molar-refractivity contribution is 6.13. The predicted molar refractivity (Wildman–Crippen MR) is 184 cm³/mol. The van der Waals surface area contributed by atoms with Gasteiger partial charge in [-0.2, -0.15) is 0 Å². The van der Waals surface area contributed by atoms with Crippen LogP contribution in [0.5, 0.6) is 0 Å². The maximum Gasteiger partial charge on any atom is 0.136 e. The molecule has 0 spiro atoms. The lowest BCUT2D eigenvalue weighted by Gasteiger charge is -2.15. The van der Waals surface area contributed by atoms with Gasteiger partial charge in [0.15, 0.2) is 0 Å². The summed E-state index contributed by atoms with van der Waals surface area (Å²) < 4.78 is 8.63. The number of para-hydroxylation sites is 3. The Morgan fingerprint density at radius 1 is 0.364 bits per heavy atom. The summed E-state index contributed by atoms with van der Waals surface area (Å²) in [4.78, 5) is 0. The van der Waals surface area contributed by atoms with Crippen LogP contribution in [-0.4, -0.2) is 4.57 Å². The van der Waals surface area contributed by atoms with Crippen molar-refractivity contribution >= 4 is 43.7 Å². The van der Waals surface area contributed by atoms with Gasteiger partial charge in [0.05, 0.1) is 16.7 Å². The smallest absolute Gasteiger partial charge is 0.136 e. The maximum absolute atomic E-state index is 6.21. The third kappa shape index (κ3) is 3.82. The first-order valence-corrected chi connectivity index (χ1v) is 15.0. The van der Waals surface area contributed by atoms with Crippen LogP contribution in [0.2, 0.25) is 0 Å². The van der Waals surface area contributed by atoms with Crippen LogP contribution in [-0.2, 0) is 0 Å². The average Bonchev–Trinajstić information content (AvgIpc) is 3.64. The van der Waals surface area contributed by atoms with Gasteiger partial charge in [-0.25, -0.2) is 0 Å². The third-order valence-corrected chi connectivity index (χ3v) is 8.81. The first-order chi connectivity index (χ1) is 21.8. The molecule has 0 aliphatic carbocycles. The van der Waals surface area contributed by atoms with Crippen molar-refractivity contribution in [1.82, 2.24) is 4.57 Å². The number of furan rings is 1. The number of hydrogen-bond donors (Lipinski definition) is 0. The quantitative estimate of drug-likeness (QED) is 0.209. The van der Waals surface area contributed by atoms with Crippen LogP contribution in [0.1, 0.15) is 0 Å². The zero-order valence-electron chi connectivity index (χ0n) is 23.9. The Balaban J connectivity index is 1.25. The number of hydrogen-bond acceptors (Lipinski definition) is 1. The topological polar surface area (TPSA) is 18.1 Å². The SMILES string of the molecule is c1ccc(-c2ccc3c(c2)c2ccccc2n3-c2ccccc2-c2cccc(-c3cccc4oc5ccccc5c34)c2)cc1. The van der Waals surface area contributed by atoms with E-state index in [2.05, 4.69) is 156 Å². The van der Waals surface area contributed by atoms with E-state index in [-0.39, 0.29) is 0 Å². The second-order valence-corrected chi connectivity index (χ2v) is 11.3. The van der Waals surface area contributed by atoms with E-state index in [0.717, 1.165) is 27.6 Å². The Bertz CT molecular complexity index is 2500. The Labute approximate surface area is 255 Å². The van der Waals surface area contributed by atoms with Crippen molar-refractivity contribution in [2.24, 2.45) is 0 Å². The van der Waals surface area contributed by atoms with Crippen molar-refractivity contribution in [2.45, 2.75) is 0 Å². The van der Waals surface area contributed by atoms with Crippen molar-refractivity contribution in [3.8, 4) is 39.1 Å². The van der Waals surface area contributed by atoms with Gasteiger partial charge in [0, 0.05) is 27.1 Å². The number of benzene rings is 7. The highest BCUT2D eigenvalue weighted by Gasteiger charge is 2.17. The standard InChI is InChI=1S/C42H27NO/c1-2-12-28(13-3-1)29-24-25-39-36(27-29)34-17-5-8-21-38(34)43(39)37-20-7-4-16-32(37)30-14-10-15-31(26-30)33-19-11-23-41-42(33)35-18-6-9-22-40(35)44-41/h1-27H. The highest BCUT2D eigenvalue weighted by atomic mass is 16.3. The number of fused-ring (bicyclic) bond motifs is 6. The van der Waals surface area contributed by atoms with Gasteiger partial charge in [-0.15, -0.1) is 0 Å². The monoisotopic (exact) mass is 561 g/mol. The Hall–Kier alpha value is -5.86. The van der Waals surface area contributed by atoms with Crippen LogP contribution in [0.25, 0.3) is 82.8 Å². The molecule has 7 aromatic carbocycles. The van der Waals surface area contributed by atoms with Gasteiger partial charge in [0.2, 0.25) is 0 Å². The molecule has 0 unspecified atom stereocenters. The molecule has 0 saturated heterocycles. The number of nitrogens with zero attached hydrogens (tertiary/aromatic N) is 1. The molecule has 2 aromatic heterocycles. The second kappa shape index (κ2) is 9.86. The molecule has 0 fully saturated rings. The molecule has 0 aliphatic rings. The lowest BCUT2D eigenvalue weighted by atomic mass is 9.95. The maximum atomic E-state index is 6.21. The molecule has 0 bridgehead atoms. The summed E-state index contributed by atoms with van der Waals surface area (Å²) in [7, 11) is 0. The van der Waals surface area contributed by atoms with Gasteiger partial charge >= 0.3 is 0 Å². The molecule has 44 heavy (non-hydrogen) atoms. The van der Waals surface area contributed by atoms with Gasteiger partial charge in [0.1, 0.15) is 11.2 Å². The van der Waals surface area contributed by atoms with E-state index in [1.165, 1.54) is 55.2 Å². The molecule has 2 heteroatoms.